The van der Waals surface area contributed by atoms with Gasteiger partial charge in [-0.2, -0.15) is 8.78 Å². The van der Waals surface area contributed by atoms with Crippen LogP contribution in [0.3, 0.4) is 0 Å². The Balaban J connectivity index is 2.05. The molecule has 9 heteroatoms. The molecule has 2 aromatic carbocycles. The molecule has 29 heavy (non-hydrogen) atoms. The standard InChI is InChI=1S/C20H21F3N2O4/c1-12(13-6-8-16(29-2)9-7-13)24-18(27)17(11-26)25-19(28)20(22,23)14-4-3-5-15(21)10-14/h3-10,12,17,26H,11H2,1-2H3,(H,24,27)(H,25,28). The smallest absolute Gasteiger partial charge is 0.349 e. The van der Waals surface area contributed by atoms with Gasteiger partial charge in [0.15, 0.2) is 0 Å². The van der Waals surface area contributed by atoms with Gasteiger partial charge in [-0.15, -0.1) is 0 Å². The summed E-state index contributed by atoms with van der Waals surface area (Å²) in [7, 11) is 1.51. The number of rotatable bonds is 8. The summed E-state index contributed by atoms with van der Waals surface area (Å²) in [6.07, 6.45) is 0. The van der Waals surface area contributed by atoms with E-state index in [1.165, 1.54) is 7.11 Å². The van der Waals surface area contributed by atoms with Crippen LogP contribution < -0.4 is 15.4 Å². The molecule has 0 aliphatic rings. The number of hydrogen-bond acceptors (Lipinski definition) is 4. The SMILES string of the molecule is COc1ccc(C(C)NC(=O)C(CO)NC(=O)C(F)(F)c2cccc(F)c2)cc1. The Morgan fingerprint density at radius 1 is 1.14 bits per heavy atom. The number of aliphatic hydroxyl groups is 1. The van der Waals surface area contributed by atoms with E-state index in [1.54, 1.807) is 36.5 Å². The summed E-state index contributed by atoms with van der Waals surface area (Å²) in [5, 5.41) is 13.7. The Bertz CT molecular complexity index is 859. The average Bonchev–Trinajstić information content (AvgIpc) is 2.71. The van der Waals surface area contributed by atoms with Gasteiger partial charge in [-0.1, -0.05) is 24.3 Å². The van der Waals surface area contributed by atoms with E-state index in [1.807, 2.05) is 0 Å². The van der Waals surface area contributed by atoms with E-state index < -0.39 is 47.8 Å². The summed E-state index contributed by atoms with van der Waals surface area (Å²) in [6, 6.07) is 8.06. The predicted molar refractivity (Wildman–Crippen MR) is 98.9 cm³/mol. The highest BCUT2D eigenvalue weighted by molar-refractivity contribution is 5.91. The van der Waals surface area contributed by atoms with Crippen LogP contribution in [0.1, 0.15) is 24.1 Å². The molecule has 0 aliphatic carbocycles. The lowest BCUT2D eigenvalue weighted by Crippen LogP contribution is -2.52. The molecule has 0 spiro atoms. The number of methoxy groups -OCH3 is 1. The van der Waals surface area contributed by atoms with E-state index in [0.29, 0.717) is 17.4 Å². The van der Waals surface area contributed by atoms with E-state index in [-0.39, 0.29) is 0 Å². The minimum atomic E-state index is -4.09. The molecule has 2 amide bonds. The fourth-order valence-corrected chi connectivity index (χ4v) is 2.55. The van der Waals surface area contributed by atoms with Gasteiger partial charge in [0.05, 0.1) is 19.8 Å². The highest BCUT2D eigenvalue weighted by atomic mass is 19.3. The maximum absolute atomic E-state index is 14.3. The van der Waals surface area contributed by atoms with Gasteiger partial charge in [-0.3, -0.25) is 9.59 Å². The van der Waals surface area contributed by atoms with Crippen LogP contribution in [0.2, 0.25) is 0 Å². The minimum Gasteiger partial charge on any atom is -0.497 e. The molecule has 0 fully saturated rings. The van der Waals surface area contributed by atoms with Gasteiger partial charge in [0, 0.05) is 5.56 Å². The third kappa shape index (κ3) is 5.47. The lowest BCUT2D eigenvalue weighted by Gasteiger charge is -2.23. The van der Waals surface area contributed by atoms with Gasteiger partial charge in [0.25, 0.3) is 5.91 Å². The quantitative estimate of drug-likeness (QED) is 0.623. The first-order valence-electron chi connectivity index (χ1n) is 8.69. The fourth-order valence-electron chi connectivity index (χ4n) is 2.55. The topological polar surface area (TPSA) is 87.7 Å². The number of benzene rings is 2. The molecule has 0 aliphatic heterocycles. The average molecular weight is 410 g/mol. The molecule has 2 unspecified atom stereocenters. The molecule has 0 saturated heterocycles. The second-order valence-corrected chi connectivity index (χ2v) is 6.30. The van der Waals surface area contributed by atoms with E-state index in [9.17, 15) is 27.9 Å². The number of carbonyl (C=O) groups excluding carboxylic acids is 2. The Hall–Kier alpha value is -3.07. The molecule has 0 heterocycles. The maximum atomic E-state index is 14.3. The number of amides is 2. The van der Waals surface area contributed by atoms with E-state index in [4.69, 9.17) is 4.74 Å². The lowest BCUT2D eigenvalue weighted by atomic mass is 10.1. The summed E-state index contributed by atoms with van der Waals surface area (Å²) in [5.41, 5.74) is -0.161. The van der Waals surface area contributed by atoms with Crippen molar-refractivity contribution in [2.24, 2.45) is 0 Å². The minimum absolute atomic E-state index is 0.525. The molecule has 2 rings (SSSR count). The Morgan fingerprint density at radius 3 is 2.34 bits per heavy atom. The van der Waals surface area contributed by atoms with Gasteiger partial charge >= 0.3 is 5.92 Å². The van der Waals surface area contributed by atoms with Crippen molar-refractivity contribution in [1.29, 1.82) is 0 Å². The Kier molecular flexibility index (Phi) is 7.22. The van der Waals surface area contributed by atoms with Crippen molar-refractivity contribution in [3.63, 3.8) is 0 Å². The van der Waals surface area contributed by atoms with Crippen LogP contribution >= 0.6 is 0 Å². The highest BCUT2D eigenvalue weighted by Gasteiger charge is 2.42. The zero-order valence-electron chi connectivity index (χ0n) is 15.8. The monoisotopic (exact) mass is 410 g/mol. The number of alkyl halides is 2. The molecule has 2 aromatic rings. The number of hydrogen-bond donors (Lipinski definition) is 3. The van der Waals surface area contributed by atoms with Crippen molar-refractivity contribution >= 4 is 11.8 Å². The number of halogens is 3. The fraction of sp³-hybridized carbons (Fsp3) is 0.300. The molecule has 3 N–H and O–H groups in total. The number of carbonyl (C=O) groups is 2. The van der Waals surface area contributed by atoms with Crippen LogP contribution in [0.5, 0.6) is 5.75 Å². The van der Waals surface area contributed by atoms with Crippen molar-refractivity contribution in [1.82, 2.24) is 10.6 Å². The highest BCUT2D eigenvalue weighted by Crippen LogP contribution is 2.28. The van der Waals surface area contributed by atoms with Crippen molar-refractivity contribution in [2.75, 3.05) is 13.7 Å². The first-order chi connectivity index (χ1) is 13.7. The maximum Gasteiger partial charge on any atom is 0.349 e. The van der Waals surface area contributed by atoms with Crippen LogP contribution in [-0.2, 0) is 15.5 Å². The molecular formula is C20H21F3N2O4. The van der Waals surface area contributed by atoms with Crippen LogP contribution in [-0.4, -0.2) is 36.7 Å². The largest absolute Gasteiger partial charge is 0.497 e. The number of aliphatic hydroxyl groups excluding tert-OH is 1. The summed E-state index contributed by atoms with van der Waals surface area (Å²) < 4.78 is 46.8. The summed E-state index contributed by atoms with van der Waals surface area (Å²) in [6.45, 7) is 0.753. The third-order valence-corrected chi connectivity index (χ3v) is 4.25. The van der Waals surface area contributed by atoms with Crippen molar-refractivity contribution in [3.8, 4) is 5.75 Å². The second-order valence-electron chi connectivity index (χ2n) is 6.30. The number of ether oxygens (including phenoxy) is 1. The van der Waals surface area contributed by atoms with Crippen LogP contribution in [0.4, 0.5) is 13.2 Å². The van der Waals surface area contributed by atoms with E-state index in [0.717, 1.165) is 18.2 Å². The van der Waals surface area contributed by atoms with Gasteiger partial charge in [0.2, 0.25) is 5.91 Å². The first kappa shape index (κ1) is 22.2. The van der Waals surface area contributed by atoms with Crippen LogP contribution in [0, 0.1) is 5.82 Å². The second kappa shape index (κ2) is 9.42. The van der Waals surface area contributed by atoms with Gasteiger partial charge in [-0.25, -0.2) is 4.39 Å². The predicted octanol–water partition coefficient (Wildman–Crippen LogP) is 2.28. The Labute approximate surface area is 165 Å². The summed E-state index contributed by atoms with van der Waals surface area (Å²) >= 11 is 0. The Morgan fingerprint density at radius 2 is 1.79 bits per heavy atom. The van der Waals surface area contributed by atoms with Crippen molar-refractivity contribution in [2.45, 2.75) is 24.9 Å². The van der Waals surface area contributed by atoms with Crippen LogP contribution in [0.15, 0.2) is 48.5 Å². The molecule has 6 nitrogen and oxygen atoms in total. The first-order valence-corrected chi connectivity index (χ1v) is 8.69. The summed E-state index contributed by atoms with van der Waals surface area (Å²) in [4.78, 5) is 24.3. The van der Waals surface area contributed by atoms with Crippen molar-refractivity contribution < 1.29 is 32.6 Å². The summed E-state index contributed by atoms with van der Waals surface area (Å²) in [5.74, 6) is -7.07. The molecular weight excluding hydrogens is 389 g/mol. The van der Waals surface area contributed by atoms with Crippen molar-refractivity contribution in [3.05, 3.63) is 65.5 Å². The number of nitrogens with one attached hydrogen (secondary N) is 2. The molecule has 0 aromatic heterocycles. The van der Waals surface area contributed by atoms with Gasteiger partial charge in [-0.05, 0) is 36.8 Å². The van der Waals surface area contributed by atoms with Crippen LogP contribution in [0.25, 0.3) is 0 Å². The molecule has 2 atom stereocenters. The zero-order valence-corrected chi connectivity index (χ0v) is 15.8. The van der Waals surface area contributed by atoms with Gasteiger partial charge < -0.3 is 20.5 Å². The third-order valence-electron chi connectivity index (χ3n) is 4.25. The zero-order chi connectivity index (χ0) is 21.6. The lowest BCUT2D eigenvalue weighted by molar-refractivity contribution is -0.149. The normalized spacial score (nSPS) is 13.3. The van der Waals surface area contributed by atoms with Gasteiger partial charge in [0.1, 0.15) is 17.6 Å². The van der Waals surface area contributed by atoms with E-state index >= 15 is 0 Å². The molecule has 156 valence electrons. The van der Waals surface area contributed by atoms with E-state index in [2.05, 4.69) is 5.32 Å². The molecule has 0 bridgehead atoms. The molecule has 0 radical (unpaired) electrons. The molecule has 0 saturated carbocycles.